The molecule has 0 unspecified atom stereocenters. The second-order valence-corrected chi connectivity index (χ2v) is 5.11. The molecular weight excluding hydrogens is 255 g/mol. The molecule has 0 radical (unpaired) electrons. The molecule has 0 spiro atoms. The van der Waals surface area contributed by atoms with Crippen LogP contribution in [-0.4, -0.2) is 9.55 Å². The number of benzene rings is 2. The number of nitrogens with zero attached hydrogens (tertiary/aromatic N) is 1. The molecule has 0 saturated heterocycles. The number of fused-ring (bicyclic) bond motifs is 1. The average molecular weight is 270 g/mol. The van der Waals surface area contributed by atoms with Gasteiger partial charge in [0.2, 0.25) is 0 Å². The molecule has 2 aromatic carbocycles. The van der Waals surface area contributed by atoms with E-state index in [4.69, 9.17) is 0 Å². The lowest BCUT2D eigenvalue weighted by Crippen LogP contribution is -2.18. The molecule has 0 amide bonds. The number of aromatic nitrogens is 2. The van der Waals surface area contributed by atoms with E-state index in [0.717, 1.165) is 16.6 Å². The molecule has 20 heavy (non-hydrogen) atoms. The van der Waals surface area contributed by atoms with Crippen LogP contribution in [0.5, 0.6) is 0 Å². The zero-order chi connectivity index (χ0) is 14.3. The van der Waals surface area contributed by atoms with E-state index in [2.05, 4.69) is 4.98 Å². The molecule has 0 aliphatic heterocycles. The molecule has 0 fully saturated rings. The average Bonchev–Trinajstić information content (AvgIpc) is 2.74. The van der Waals surface area contributed by atoms with Crippen molar-refractivity contribution in [2.45, 2.75) is 19.9 Å². The number of imidazole rings is 1. The summed E-state index contributed by atoms with van der Waals surface area (Å²) < 4.78 is 15.5. The lowest BCUT2D eigenvalue weighted by Gasteiger charge is -2.08. The van der Waals surface area contributed by atoms with Crippen LogP contribution in [0.25, 0.3) is 22.2 Å². The van der Waals surface area contributed by atoms with Gasteiger partial charge in [-0.1, -0.05) is 24.3 Å². The van der Waals surface area contributed by atoms with Gasteiger partial charge in [-0.05, 0) is 37.6 Å². The van der Waals surface area contributed by atoms with Crippen molar-refractivity contribution in [3.63, 3.8) is 0 Å². The largest absolute Gasteiger partial charge is 0.326 e. The monoisotopic (exact) mass is 270 g/mol. The Morgan fingerprint density at radius 2 is 1.90 bits per heavy atom. The number of H-pyrrole nitrogens is 1. The number of halogens is 1. The van der Waals surface area contributed by atoms with Crippen molar-refractivity contribution in [2.75, 3.05) is 0 Å². The molecule has 1 aromatic heterocycles. The van der Waals surface area contributed by atoms with Crippen LogP contribution < -0.4 is 5.69 Å². The van der Waals surface area contributed by atoms with Gasteiger partial charge >= 0.3 is 5.69 Å². The van der Waals surface area contributed by atoms with Crippen molar-refractivity contribution >= 4 is 11.0 Å². The SMILES string of the molecule is CC(C)n1c(=O)[nH]c2ccc(-c3ccccc3F)cc21. The minimum absolute atomic E-state index is 0.0483. The summed E-state index contributed by atoms with van der Waals surface area (Å²) in [6, 6.07) is 12.2. The summed E-state index contributed by atoms with van der Waals surface area (Å²) in [6.07, 6.45) is 0. The zero-order valence-corrected chi connectivity index (χ0v) is 11.4. The summed E-state index contributed by atoms with van der Waals surface area (Å²) in [7, 11) is 0. The fraction of sp³-hybridized carbons (Fsp3) is 0.188. The van der Waals surface area contributed by atoms with E-state index in [0.29, 0.717) is 5.56 Å². The summed E-state index contributed by atoms with van der Waals surface area (Å²) in [5.41, 5.74) is 2.73. The number of rotatable bonds is 2. The zero-order valence-electron chi connectivity index (χ0n) is 11.4. The third kappa shape index (κ3) is 1.93. The van der Waals surface area contributed by atoms with Crippen molar-refractivity contribution < 1.29 is 4.39 Å². The van der Waals surface area contributed by atoms with Gasteiger partial charge in [0.15, 0.2) is 0 Å². The van der Waals surface area contributed by atoms with Crippen LogP contribution in [0.2, 0.25) is 0 Å². The van der Waals surface area contributed by atoms with Crippen molar-refractivity contribution in [1.29, 1.82) is 0 Å². The molecular formula is C16H15FN2O. The van der Waals surface area contributed by atoms with E-state index in [1.807, 2.05) is 32.0 Å². The molecule has 1 N–H and O–H groups in total. The molecule has 3 aromatic rings. The van der Waals surface area contributed by atoms with Crippen LogP contribution >= 0.6 is 0 Å². The number of hydrogen-bond donors (Lipinski definition) is 1. The maximum absolute atomic E-state index is 13.9. The summed E-state index contributed by atoms with van der Waals surface area (Å²) in [5.74, 6) is -0.263. The third-order valence-electron chi connectivity index (χ3n) is 3.42. The molecule has 0 aliphatic rings. The first kappa shape index (κ1) is 12.7. The highest BCUT2D eigenvalue weighted by atomic mass is 19.1. The van der Waals surface area contributed by atoms with E-state index in [9.17, 15) is 9.18 Å². The van der Waals surface area contributed by atoms with Crippen LogP contribution in [0.1, 0.15) is 19.9 Å². The molecule has 0 saturated carbocycles. The lowest BCUT2D eigenvalue weighted by atomic mass is 10.0. The van der Waals surface area contributed by atoms with E-state index in [-0.39, 0.29) is 17.5 Å². The van der Waals surface area contributed by atoms with Crippen molar-refractivity contribution in [2.24, 2.45) is 0 Å². The van der Waals surface area contributed by atoms with E-state index in [1.54, 1.807) is 22.8 Å². The van der Waals surface area contributed by atoms with Gasteiger partial charge in [0, 0.05) is 11.6 Å². The van der Waals surface area contributed by atoms with Gasteiger partial charge in [0.05, 0.1) is 11.0 Å². The van der Waals surface area contributed by atoms with Gasteiger partial charge in [0.1, 0.15) is 5.82 Å². The van der Waals surface area contributed by atoms with Gasteiger partial charge in [-0.2, -0.15) is 0 Å². The Labute approximate surface area is 115 Å². The minimum Gasteiger partial charge on any atom is -0.306 e. The van der Waals surface area contributed by atoms with Gasteiger partial charge in [-0.25, -0.2) is 9.18 Å². The maximum Gasteiger partial charge on any atom is 0.326 e. The van der Waals surface area contributed by atoms with E-state index < -0.39 is 0 Å². The first-order valence-electron chi connectivity index (χ1n) is 6.57. The summed E-state index contributed by atoms with van der Waals surface area (Å²) >= 11 is 0. The second kappa shape index (κ2) is 4.63. The maximum atomic E-state index is 13.9. The van der Waals surface area contributed by atoms with Gasteiger partial charge in [-0.15, -0.1) is 0 Å². The standard InChI is InChI=1S/C16H15FN2O/c1-10(2)19-15-9-11(7-8-14(15)18-16(19)20)12-5-3-4-6-13(12)17/h3-10H,1-2H3,(H,18,20). The number of hydrogen-bond acceptors (Lipinski definition) is 1. The first-order chi connectivity index (χ1) is 9.58. The summed E-state index contributed by atoms with van der Waals surface area (Å²) in [5, 5.41) is 0. The molecule has 0 aliphatic carbocycles. The molecule has 1 heterocycles. The highest BCUT2D eigenvalue weighted by Crippen LogP contribution is 2.26. The Bertz CT molecular complexity index is 830. The molecule has 102 valence electrons. The van der Waals surface area contributed by atoms with Crippen LogP contribution in [0.3, 0.4) is 0 Å². The molecule has 0 atom stereocenters. The Hall–Kier alpha value is -2.36. The summed E-state index contributed by atoms with van der Waals surface area (Å²) in [4.78, 5) is 14.7. The topological polar surface area (TPSA) is 37.8 Å². The van der Waals surface area contributed by atoms with Crippen LogP contribution in [0.15, 0.2) is 47.3 Å². The predicted molar refractivity (Wildman–Crippen MR) is 78.3 cm³/mol. The quantitative estimate of drug-likeness (QED) is 0.757. The highest BCUT2D eigenvalue weighted by Gasteiger charge is 2.11. The van der Waals surface area contributed by atoms with Crippen molar-refractivity contribution in [3.05, 3.63) is 58.8 Å². The van der Waals surface area contributed by atoms with Crippen LogP contribution in [0.4, 0.5) is 4.39 Å². The molecule has 3 nitrogen and oxygen atoms in total. The molecule has 3 rings (SSSR count). The Morgan fingerprint density at radius 3 is 2.60 bits per heavy atom. The van der Waals surface area contributed by atoms with Crippen molar-refractivity contribution in [3.8, 4) is 11.1 Å². The van der Waals surface area contributed by atoms with Gasteiger partial charge in [0.25, 0.3) is 0 Å². The summed E-state index contributed by atoms with van der Waals surface area (Å²) in [6.45, 7) is 3.90. The molecule has 4 heteroatoms. The molecule has 0 bridgehead atoms. The van der Waals surface area contributed by atoms with E-state index >= 15 is 0 Å². The van der Waals surface area contributed by atoms with Crippen LogP contribution in [0, 0.1) is 5.82 Å². The van der Waals surface area contributed by atoms with E-state index in [1.165, 1.54) is 6.07 Å². The third-order valence-corrected chi connectivity index (χ3v) is 3.42. The fourth-order valence-corrected chi connectivity index (χ4v) is 2.50. The Morgan fingerprint density at radius 1 is 1.15 bits per heavy atom. The number of nitrogens with one attached hydrogen (secondary N) is 1. The first-order valence-corrected chi connectivity index (χ1v) is 6.57. The van der Waals surface area contributed by atoms with Crippen LogP contribution in [-0.2, 0) is 0 Å². The van der Waals surface area contributed by atoms with Crippen molar-refractivity contribution in [1.82, 2.24) is 9.55 Å². The lowest BCUT2D eigenvalue weighted by molar-refractivity contribution is 0.598. The number of aromatic amines is 1. The Kier molecular flexibility index (Phi) is 2.93. The second-order valence-electron chi connectivity index (χ2n) is 5.11. The fourth-order valence-electron chi connectivity index (χ4n) is 2.50. The smallest absolute Gasteiger partial charge is 0.306 e. The minimum atomic E-state index is -0.263. The normalized spacial score (nSPS) is 11.4. The predicted octanol–water partition coefficient (Wildman–Crippen LogP) is 3.72. The Balaban J connectivity index is 2.28. The van der Waals surface area contributed by atoms with Gasteiger partial charge in [-0.3, -0.25) is 4.57 Å². The highest BCUT2D eigenvalue weighted by molar-refractivity contribution is 5.82. The van der Waals surface area contributed by atoms with Gasteiger partial charge < -0.3 is 4.98 Å².